The summed E-state index contributed by atoms with van der Waals surface area (Å²) in [6.45, 7) is 4.62. The van der Waals surface area contributed by atoms with Crippen LogP contribution in [0.2, 0.25) is 0 Å². The molecule has 9 nitrogen and oxygen atoms in total. The Morgan fingerprint density at radius 2 is 1.66 bits per heavy atom. The molecule has 0 radical (unpaired) electrons. The first-order valence-electron chi connectivity index (χ1n) is 13.2. The van der Waals surface area contributed by atoms with Crippen LogP contribution in [-0.4, -0.2) is 53.5 Å². The summed E-state index contributed by atoms with van der Waals surface area (Å²) in [6, 6.07) is 10.5. The average molecular weight is 570 g/mol. The fraction of sp³-hybridized carbons (Fsp3) is 0.345. The SMILES string of the molecule is CCOC(=O)[C@H](C)NC(=O)C1CCN(c2ncc(NC(=O)c3ccccc3-c3ccc(C(F)(F)F)cc3)cn2)CC1. The van der Waals surface area contributed by atoms with E-state index in [4.69, 9.17) is 4.74 Å². The van der Waals surface area contributed by atoms with Gasteiger partial charge in [0.1, 0.15) is 6.04 Å². The minimum Gasteiger partial charge on any atom is -0.464 e. The molecular formula is C29H30F3N5O4. The Balaban J connectivity index is 1.35. The van der Waals surface area contributed by atoms with Crippen LogP contribution in [0, 0.1) is 5.92 Å². The van der Waals surface area contributed by atoms with Crippen molar-refractivity contribution in [2.75, 3.05) is 29.9 Å². The number of anilines is 2. The van der Waals surface area contributed by atoms with Gasteiger partial charge in [-0.1, -0.05) is 30.3 Å². The highest BCUT2D eigenvalue weighted by molar-refractivity contribution is 6.08. The number of nitrogens with zero attached hydrogens (tertiary/aromatic N) is 3. The van der Waals surface area contributed by atoms with E-state index < -0.39 is 29.7 Å². The van der Waals surface area contributed by atoms with Gasteiger partial charge >= 0.3 is 12.1 Å². The zero-order chi connectivity index (χ0) is 29.6. The summed E-state index contributed by atoms with van der Waals surface area (Å²) in [7, 11) is 0. The summed E-state index contributed by atoms with van der Waals surface area (Å²) in [5.74, 6) is -0.915. The lowest BCUT2D eigenvalue weighted by atomic mass is 9.96. The van der Waals surface area contributed by atoms with Crippen LogP contribution in [0.15, 0.2) is 60.9 Å². The molecule has 2 aromatic carbocycles. The van der Waals surface area contributed by atoms with Crippen molar-refractivity contribution in [2.24, 2.45) is 5.92 Å². The van der Waals surface area contributed by atoms with Gasteiger partial charge in [0.15, 0.2) is 0 Å². The lowest BCUT2D eigenvalue weighted by molar-refractivity contribution is -0.147. The summed E-state index contributed by atoms with van der Waals surface area (Å²) in [5, 5.41) is 5.44. The van der Waals surface area contributed by atoms with E-state index in [1.165, 1.54) is 24.5 Å². The number of benzene rings is 2. The van der Waals surface area contributed by atoms with Gasteiger partial charge < -0.3 is 20.3 Å². The number of rotatable bonds is 8. The third-order valence-corrected chi connectivity index (χ3v) is 6.74. The van der Waals surface area contributed by atoms with Gasteiger partial charge in [-0.2, -0.15) is 13.2 Å². The molecule has 0 bridgehead atoms. The van der Waals surface area contributed by atoms with E-state index in [1.807, 2.05) is 4.90 Å². The molecule has 4 rings (SSSR count). The van der Waals surface area contributed by atoms with Crippen LogP contribution in [0.25, 0.3) is 11.1 Å². The average Bonchev–Trinajstić information content (AvgIpc) is 2.97. The minimum atomic E-state index is -4.45. The highest BCUT2D eigenvalue weighted by atomic mass is 19.4. The Morgan fingerprint density at radius 3 is 2.27 bits per heavy atom. The number of alkyl halides is 3. The number of nitrogens with one attached hydrogen (secondary N) is 2. The molecule has 0 saturated carbocycles. The highest BCUT2D eigenvalue weighted by Gasteiger charge is 2.30. The number of halogens is 3. The van der Waals surface area contributed by atoms with Crippen LogP contribution in [0.1, 0.15) is 42.6 Å². The molecule has 2 heterocycles. The Kier molecular flexibility index (Phi) is 9.21. The first-order valence-corrected chi connectivity index (χ1v) is 13.2. The maximum Gasteiger partial charge on any atom is 0.416 e. The molecule has 41 heavy (non-hydrogen) atoms. The van der Waals surface area contributed by atoms with Crippen LogP contribution in [0.5, 0.6) is 0 Å². The molecule has 0 aliphatic carbocycles. The monoisotopic (exact) mass is 569 g/mol. The van der Waals surface area contributed by atoms with Gasteiger partial charge in [0.05, 0.1) is 30.3 Å². The van der Waals surface area contributed by atoms with Gasteiger partial charge in [-0.3, -0.25) is 9.59 Å². The van der Waals surface area contributed by atoms with Crippen LogP contribution >= 0.6 is 0 Å². The highest BCUT2D eigenvalue weighted by Crippen LogP contribution is 2.32. The fourth-order valence-electron chi connectivity index (χ4n) is 4.52. The number of amides is 2. The summed E-state index contributed by atoms with van der Waals surface area (Å²) in [4.78, 5) is 48.0. The number of hydrogen-bond acceptors (Lipinski definition) is 7. The van der Waals surface area contributed by atoms with Crippen molar-refractivity contribution in [1.82, 2.24) is 15.3 Å². The Hall–Kier alpha value is -4.48. The molecule has 2 amide bonds. The number of aromatic nitrogens is 2. The van der Waals surface area contributed by atoms with E-state index in [0.29, 0.717) is 48.7 Å². The van der Waals surface area contributed by atoms with E-state index in [0.717, 1.165) is 12.1 Å². The molecule has 2 N–H and O–H groups in total. The third-order valence-electron chi connectivity index (χ3n) is 6.74. The third kappa shape index (κ3) is 7.38. The minimum absolute atomic E-state index is 0.194. The Morgan fingerprint density at radius 1 is 1.02 bits per heavy atom. The van der Waals surface area contributed by atoms with Crippen molar-refractivity contribution in [2.45, 2.75) is 38.9 Å². The first kappa shape index (κ1) is 29.5. The zero-order valence-electron chi connectivity index (χ0n) is 22.6. The summed E-state index contributed by atoms with van der Waals surface area (Å²) in [6.07, 6.45) is -0.383. The summed E-state index contributed by atoms with van der Waals surface area (Å²) < 4.78 is 43.8. The number of piperidine rings is 1. The molecule has 1 saturated heterocycles. The van der Waals surface area contributed by atoms with E-state index in [2.05, 4.69) is 20.6 Å². The zero-order valence-corrected chi connectivity index (χ0v) is 22.6. The number of esters is 1. The molecule has 12 heteroatoms. The lowest BCUT2D eigenvalue weighted by Gasteiger charge is -2.31. The van der Waals surface area contributed by atoms with Crippen molar-refractivity contribution in [3.05, 3.63) is 72.1 Å². The smallest absolute Gasteiger partial charge is 0.416 e. The number of hydrogen-bond donors (Lipinski definition) is 2. The van der Waals surface area contributed by atoms with Crippen LogP contribution < -0.4 is 15.5 Å². The van der Waals surface area contributed by atoms with Crippen LogP contribution in [-0.2, 0) is 20.5 Å². The van der Waals surface area contributed by atoms with Crippen molar-refractivity contribution in [1.29, 1.82) is 0 Å². The van der Waals surface area contributed by atoms with Gasteiger partial charge in [0.2, 0.25) is 11.9 Å². The largest absolute Gasteiger partial charge is 0.464 e. The van der Waals surface area contributed by atoms with E-state index in [1.54, 1.807) is 38.1 Å². The predicted molar refractivity (Wildman–Crippen MR) is 146 cm³/mol. The quantitative estimate of drug-likeness (QED) is 0.378. The molecule has 1 atom stereocenters. The molecule has 1 aliphatic rings. The van der Waals surface area contributed by atoms with Gasteiger partial charge in [-0.15, -0.1) is 0 Å². The van der Waals surface area contributed by atoms with Gasteiger partial charge in [0, 0.05) is 24.6 Å². The molecule has 1 aromatic heterocycles. The standard InChI is InChI=1S/C29H30F3N5O4/c1-3-41-27(40)18(2)35-25(38)20-12-14-37(15-13-20)28-33-16-22(17-34-28)36-26(39)24-7-5-4-6-23(24)19-8-10-21(11-9-19)29(30,31)32/h4-11,16-18,20H,3,12-15H2,1-2H3,(H,35,38)(H,36,39)/t18-/m0/s1. The van der Waals surface area contributed by atoms with Crippen molar-refractivity contribution in [3.8, 4) is 11.1 Å². The molecule has 216 valence electrons. The first-order chi connectivity index (χ1) is 19.6. The molecular weight excluding hydrogens is 539 g/mol. The van der Waals surface area contributed by atoms with E-state index in [9.17, 15) is 27.6 Å². The topological polar surface area (TPSA) is 114 Å². The fourth-order valence-corrected chi connectivity index (χ4v) is 4.52. The lowest BCUT2D eigenvalue weighted by Crippen LogP contribution is -2.46. The maximum atomic E-state index is 13.1. The predicted octanol–water partition coefficient (Wildman–Crippen LogP) is 4.70. The van der Waals surface area contributed by atoms with Crippen molar-refractivity contribution in [3.63, 3.8) is 0 Å². The summed E-state index contributed by atoms with van der Waals surface area (Å²) in [5.41, 5.74) is 0.830. The molecule has 1 aliphatic heterocycles. The molecule has 3 aromatic rings. The normalized spacial score (nSPS) is 14.7. The number of ether oxygens (including phenoxy) is 1. The summed E-state index contributed by atoms with van der Waals surface area (Å²) >= 11 is 0. The Bertz CT molecular complexity index is 1370. The van der Waals surface area contributed by atoms with Crippen LogP contribution in [0.4, 0.5) is 24.8 Å². The van der Waals surface area contributed by atoms with Gasteiger partial charge in [-0.05, 0) is 56.0 Å². The van der Waals surface area contributed by atoms with Crippen molar-refractivity contribution < 1.29 is 32.3 Å². The van der Waals surface area contributed by atoms with Gasteiger partial charge in [-0.25, -0.2) is 14.8 Å². The van der Waals surface area contributed by atoms with E-state index >= 15 is 0 Å². The van der Waals surface area contributed by atoms with E-state index in [-0.39, 0.29) is 24.0 Å². The molecule has 0 spiro atoms. The molecule has 1 fully saturated rings. The second-order valence-corrected chi connectivity index (χ2v) is 9.59. The van der Waals surface area contributed by atoms with Crippen molar-refractivity contribution >= 4 is 29.4 Å². The Labute approximate surface area is 235 Å². The number of carbonyl (C=O) groups excluding carboxylic acids is 3. The molecule has 0 unspecified atom stereocenters. The van der Waals surface area contributed by atoms with Crippen LogP contribution in [0.3, 0.4) is 0 Å². The number of carbonyl (C=O) groups is 3. The maximum absolute atomic E-state index is 13.1. The second-order valence-electron chi connectivity index (χ2n) is 9.59. The van der Waals surface area contributed by atoms with Gasteiger partial charge in [0.25, 0.3) is 5.91 Å². The second kappa shape index (κ2) is 12.8.